The van der Waals surface area contributed by atoms with Crippen LogP contribution < -0.4 is 5.01 Å². The van der Waals surface area contributed by atoms with E-state index >= 15 is 0 Å². The number of esters is 1. The molecule has 31 heavy (non-hydrogen) atoms. The number of methoxy groups -OCH3 is 1. The molecule has 0 saturated carbocycles. The summed E-state index contributed by atoms with van der Waals surface area (Å²) in [5.74, 6) is -0.859. The van der Waals surface area contributed by atoms with Gasteiger partial charge in [-0.1, -0.05) is 48.5 Å². The lowest BCUT2D eigenvalue weighted by Crippen LogP contribution is -2.45. The average molecular weight is 413 g/mol. The molecule has 0 bridgehead atoms. The summed E-state index contributed by atoms with van der Waals surface area (Å²) in [7, 11) is 1.29. The zero-order valence-electron chi connectivity index (χ0n) is 17.7. The molecular weight excluding hydrogens is 390 g/mol. The monoisotopic (exact) mass is 413 g/mol. The molecule has 0 N–H and O–H groups in total. The molecule has 6 heteroatoms. The second-order valence-corrected chi connectivity index (χ2v) is 6.98. The van der Waals surface area contributed by atoms with Crippen LogP contribution in [0.15, 0.2) is 66.7 Å². The van der Waals surface area contributed by atoms with Crippen molar-refractivity contribution in [3.63, 3.8) is 0 Å². The average Bonchev–Trinajstić information content (AvgIpc) is 3.08. The van der Waals surface area contributed by atoms with Crippen molar-refractivity contribution < 1.29 is 14.3 Å². The van der Waals surface area contributed by atoms with Crippen molar-refractivity contribution in [3.8, 4) is 6.07 Å². The van der Waals surface area contributed by atoms with E-state index in [0.29, 0.717) is 11.1 Å². The number of hydrogen-bond donors (Lipinski definition) is 0. The van der Waals surface area contributed by atoms with Crippen LogP contribution in [0.25, 0.3) is 11.6 Å². The predicted octanol–water partition coefficient (Wildman–Crippen LogP) is 4.12. The first-order valence-corrected chi connectivity index (χ1v) is 9.76. The van der Waals surface area contributed by atoms with Gasteiger partial charge >= 0.3 is 5.97 Å². The van der Waals surface area contributed by atoms with Crippen molar-refractivity contribution in [2.45, 2.75) is 13.8 Å². The van der Waals surface area contributed by atoms with E-state index in [1.165, 1.54) is 12.1 Å². The van der Waals surface area contributed by atoms with Crippen LogP contribution in [0.2, 0.25) is 0 Å². The smallest absolute Gasteiger partial charge is 0.327 e. The Labute approximate surface area is 181 Å². The second-order valence-electron chi connectivity index (χ2n) is 6.98. The number of aromatic nitrogens is 1. The van der Waals surface area contributed by atoms with Crippen LogP contribution in [-0.2, 0) is 9.53 Å². The first-order valence-electron chi connectivity index (χ1n) is 9.76. The third kappa shape index (κ3) is 4.73. The number of allylic oxidation sites excluding steroid dienone is 1. The van der Waals surface area contributed by atoms with Crippen molar-refractivity contribution in [1.29, 1.82) is 5.26 Å². The Morgan fingerprint density at radius 1 is 1.03 bits per heavy atom. The summed E-state index contributed by atoms with van der Waals surface area (Å²) in [6, 6.07) is 22.3. The SMILES string of the molecule is COC(=O)CN(C(=O)c1ccccc1)n1c(C)cc(/C=C(\C#N)c2ccccc2)c1C. The highest BCUT2D eigenvalue weighted by Crippen LogP contribution is 2.23. The number of nitrogens with zero attached hydrogens (tertiary/aromatic N) is 3. The Bertz CT molecular complexity index is 1160. The van der Waals surface area contributed by atoms with Gasteiger partial charge in [0.15, 0.2) is 0 Å². The summed E-state index contributed by atoms with van der Waals surface area (Å²) in [5.41, 5.74) is 4.04. The third-order valence-corrected chi connectivity index (χ3v) is 4.94. The first kappa shape index (κ1) is 21.6. The van der Waals surface area contributed by atoms with Crippen molar-refractivity contribution in [2.24, 2.45) is 0 Å². The second kappa shape index (κ2) is 9.59. The number of hydrogen-bond acceptors (Lipinski definition) is 4. The first-order chi connectivity index (χ1) is 15.0. The van der Waals surface area contributed by atoms with E-state index in [1.807, 2.05) is 56.3 Å². The highest BCUT2D eigenvalue weighted by Gasteiger charge is 2.24. The van der Waals surface area contributed by atoms with Crippen LogP contribution in [0.1, 0.15) is 32.9 Å². The minimum Gasteiger partial charge on any atom is -0.468 e. The molecule has 0 aliphatic rings. The van der Waals surface area contributed by atoms with Crippen molar-refractivity contribution in [2.75, 3.05) is 18.7 Å². The largest absolute Gasteiger partial charge is 0.468 e. The summed E-state index contributed by atoms with van der Waals surface area (Å²) in [5, 5.41) is 11.0. The Morgan fingerprint density at radius 3 is 2.16 bits per heavy atom. The van der Waals surface area contributed by atoms with Crippen LogP contribution in [0.5, 0.6) is 0 Å². The zero-order valence-corrected chi connectivity index (χ0v) is 17.7. The Balaban J connectivity index is 2.08. The molecule has 0 radical (unpaired) electrons. The third-order valence-electron chi connectivity index (χ3n) is 4.94. The van der Waals surface area contributed by atoms with E-state index in [1.54, 1.807) is 35.0 Å². The van der Waals surface area contributed by atoms with Gasteiger partial charge in [-0.05, 0) is 49.2 Å². The Morgan fingerprint density at radius 2 is 1.61 bits per heavy atom. The minimum absolute atomic E-state index is 0.243. The molecule has 0 fully saturated rings. The molecule has 2 aromatic carbocycles. The fourth-order valence-electron chi connectivity index (χ4n) is 3.40. The number of carbonyl (C=O) groups excluding carboxylic acids is 2. The molecule has 1 amide bonds. The summed E-state index contributed by atoms with van der Waals surface area (Å²) >= 11 is 0. The minimum atomic E-state index is -0.532. The van der Waals surface area contributed by atoms with Gasteiger partial charge in [0.25, 0.3) is 5.91 Å². The fourth-order valence-corrected chi connectivity index (χ4v) is 3.40. The number of carbonyl (C=O) groups is 2. The van der Waals surface area contributed by atoms with Gasteiger partial charge in [-0.15, -0.1) is 0 Å². The fraction of sp³-hybridized carbons (Fsp3) is 0.160. The van der Waals surface area contributed by atoms with Gasteiger partial charge in [-0.2, -0.15) is 5.26 Å². The number of benzene rings is 2. The number of aryl methyl sites for hydroxylation is 1. The van der Waals surface area contributed by atoms with Crippen LogP contribution in [-0.4, -0.2) is 30.2 Å². The molecule has 0 aliphatic heterocycles. The topological polar surface area (TPSA) is 75.3 Å². The van der Waals surface area contributed by atoms with E-state index in [4.69, 9.17) is 4.74 Å². The van der Waals surface area contributed by atoms with E-state index in [-0.39, 0.29) is 12.5 Å². The van der Waals surface area contributed by atoms with Gasteiger partial charge in [-0.3, -0.25) is 14.3 Å². The van der Waals surface area contributed by atoms with Crippen molar-refractivity contribution in [3.05, 3.63) is 94.8 Å². The van der Waals surface area contributed by atoms with Gasteiger partial charge in [-0.25, -0.2) is 5.01 Å². The van der Waals surface area contributed by atoms with E-state index in [2.05, 4.69) is 6.07 Å². The molecule has 1 heterocycles. The maximum atomic E-state index is 13.2. The van der Waals surface area contributed by atoms with Crippen LogP contribution >= 0.6 is 0 Å². The molecule has 1 aromatic heterocycles. The zero-order chi connectivity index (χ0) is 22.4. The van der Waals surface area contributed by atoms with Crippen LogP contribution in [0.3, 0.4) is 0 Å². The lowest BCUT2D eigenvalue weighted by Gasteiger charge is -2.26. The molecule has 0 aliphatic carbocycles. The lowest BCUT2D eigenvalue weighted by molar-refractivity contribution is -0.139. The molecule has 3 aromatic rings. The number of nitriles is 1. The summed E-state index contributed by atoms with van der Waals surface area (Å²) in [6.07, 6.45) is 1.79. The molecule has 0 unspecified atom stereocenters. The maximum Gasteiger partial charge on any atom is 0.327 e. The van der Waals surface area contributed by atoms with Crippen LogP contribution in [0, 0.1) is 25.2 Å². The summed E-state index contributed by atoms with van der Waals surface area (Å²) < 4.78 is 6.51. The number of amides is 1. The van der Waals surface area contributed by atoms with Crippen LogP contribution in [0.4, 0.5) is 0 Å². The van der Waals surface area contributed by atoms with Gasteiger partial charge in [0.2, 0.25) is 0 Å². The molecule has 0 saturated heterocycles. The molecule has 0 atom stereocenters. The number of rotatable bonds is 6. The summed E-state index contributed by atoms with van der Waals surface area (Å²) in [4.78, 5) is 25.3. The molecular formula is C25H23N3O3. The van der Waals surface area contributed by atoms with E-state index < -0.39 is 5.97 Å². The highest BCUT2D eigenvalue weighted by atomic mass is 16.5. The normalized spacial score (nSPS) is 11.0. The number of ether oxygens (including phenoxy) is 1. The molecule has 6 nitrogen and oxygen atoms in total. The molecule has 156 valence electrons. The van der Waals surface area contributed by atoms with Gasteiger partial charge in [0.1, 0.15) is 6.54 Å². The maximum absolute atomic E-state index is 13.2. The summed E-state index contributed by atoms with van der Waals surface area (Å²) in [6.45, 7) is 3.45. The quantitative estimate of drug-likeness (QED) is 0.450. The molecule has 3 rings (SSSR count). The van der Waals surface area contributed by atoms with Gasteiger partial charge in [0.05, 0.1) is 18.8 Å². The Hall–Kier alpha value is -4.11. The van der Waals surface area contributed by atoms with E-state index in [9.17, 15) is 14.9 Å². The van der Waals surface area contributed by atoms with E-state index in [0.717, 1.165) is 22.5 Å². The standard InChI is InChI=1S/C25H23N3O3/c1-18-14-22(15-23(16-26)20-10-6-4-7-11-20)19(2)28(18)27(17-24(29)31-3)25(30)21-12-8-5-9-13-21/h4-15H,17H2,1-3H3/b23-15+. The Kier molecular flexibility index (Phi) is 6.68. The van der Waals surface area contributed by atoms with Gasteiger partial charge in [0, 0.05) is 17.0 Å². The highest BCUT2D eigenvalue weighted by molar-refractivity contribution is 6.04. The molecule has 0 spiro atoms. The van der Waals surface area contributed by atoms with Crippen molar-refractivity contribution in [1.82, 2.24) is 4.68 Å². The lowest BCUT2D eigenvalue weighted by atomic mass is 10.0. The van der Waals surface area contributed by atoms with Gasteiger partial charge < -0.3 is 4.74 Å². The van der Waals surface area contributed by atoms with Crippen molar-refractivity contribution >= 4 is 23.5 Å². The predicted molar refractivity (Wildman–Crippen MR) is 120 cm³/mol.